The molecule has 0 aromatic heterocycles. The van der Waals surface area contributed by atoms with Crippen molar-refractivity contribution in [2.75, 3.05) is 0 Å². The lowest BCUT2D eigenvalue weighted by atomic mass is 10.1. The first-order chi connectivity index (χ1) is 5.70. The fourth-order valence-corrected chi connectivity index (χ4v) is 1.12. The van der Waals surface area contributed by atoms with Crippen molar-refractivity contribution in [3.63, 3.8) is 0 Å². The van der Waals surface area contributed by atoms with Crippen molar-refractivity contribution in [1.29, 1.82) is 0 Å². The maximum absolute atomic E-state index is 10.9. The second-order valence-corrected chi connectivity index (χ2v) is 3.01. The van der Waals surface area contributed by atoms with Crippen molar-refractivity contribution >= 4 is 5.97 Å². The molecule has 0 bridgehead atoms. The van der Waals surface area contributed by atoms with Crippen molar-refractivity contribution in [3.8, 4) is 0 Å². The van der Waals surface area contributed by atoms with Crippen LogP contribution in [0, 0.1) is 0 Å². The Hall–Kier alpha value is -0.830. The molecule has 3 nitrogen and oxygen atoms in total. The van der Waals surface area contributed by atoms with Crippen LogP contribution in [0.1, 0.15) is 32.6 Å². The van der Waals surface area contributed by atoms with Crippen LogP contribution in [0.15, 0.2) is 11.8 Å². The summed E-state index contributed by atoms with van der Waals surface area (Å²) >= 11 is 0. The van der Waals surface area contributed by atoms with Gasteiger partial charge in [0.25, 0.3) is 0 Å². The fraction of sp³-hybridized carbons (Fsp3) is 0.667. The quantitative estimate of drug-likeness (QED) is 0.636. The van der Waals surface area contributed by atoms with Gasteiger partial charge in [0, 0.05) is 6.42 Å². The standard InChI is InChI=1S/C9H14O3/c1-7(10)9(11)12-8-5-3-2-4-6-8/h5,7,10H,2-4,6H2,1H3. The van der Waals surface area contributed by atoms with E-state index < -0.39 is 12.1 Å². The first kappa shape index (κ1) is 9.26. The summed E-state index contributed by atoms with van der Waals surface area (Å²) in [5.41, 5.74) is 0. The number of aliphatic hydroxyl groups excluding tert-OH is 1. The Kier molecular flexibility index (Phi) is 3.29. The van der Waals surface area contributed by atoms with Gasteiger partial charge < -0.3 is 9.84 Å². The molecule has 0 saturated heterocycles. The zero-order chi connectivity index (χ0) is 8.97. The lowest BCUT2D eigenvalue weighted by molar-refractivity contribution is -0.148. The Morgan fingerprint density at radius 3 is 2.92 bits per heavy atom. The van der Waals surface area contributed by atoms with Gasteiger partial charge in [-0.3, -0.25) is 0 Å². The van der Waals surface area contributed by atoms with Gasteiger partial charge in [-0.15, -0.1) is 0 Å². The highest BCUT2D eigenvalue weighted by atomic mass is 16.6. The normalized spacial score (nSPS) is 19.7. The van der Waals surface area contributed by atoms with Crippen molar-refractivity contribution in [1.82, 2.24) is 0 Å². The van der Waals surface area contributed by atoms with Gasteiger partial charge in [-0.1, -0.05) is 0 Å². The molecule has 0 aromatic rings. The van der Waals surface area contributed by atoms with Gasteiger partial charge in [-0.05, 0) is 32.3 Å². The molecule has 1 aliphatic rings. The molecule has 0 saturated carbocycles. The smallest absolute Gasteiger partial charge is 0.339 e. The molecule has 1 atom stereocenters. The predicted octanol–water partition coefficient (Wildman–Crippen LogP) is 1.37. The minimum atomic E-state index is -1.02. The number of ether oxygens (including phenoxy) is 1. The molecule has 3 heteroatoms. The van der Waals surface area contributed by atoms with Gasteiger partial charge in [-0.25, -0.2) is 4.79 Å². The highest BCUT2D eigenvalue weighted by Gasteiger charge is 2.14. The third-order valence-corrected chi connectivity index (χ3v) is 1.82. The van der Waals surface area contributed by atoms with E-state index in [0.29, 0.717) is 5.76 Å². The number of hydrogen-bond acceptors (Lipinski definition) is 3. The number of rotatable bonds is 2. The van der Waals surface area contributed by atoms with Crippen LogP contribution in [0.3, 0.4) is 0 Å². The molecule has 0 fully saturated rings. The largest absolute Gasteiger partial charge is 0.430 e. The van der Waals surface area contributed by atoms with Crippen LogP contribution in [0.4, 0.5) is 0 Å². The predicted molar refractivity (Wildman–Crippen MR) is 44.3 cm³/mol. The molecule has 1 aliphatic carbocycles. The van der Waals surface area contributed by atoms with Gasteiger partial charge in [0.2, 0.25) is 0 Å². The van der Waals surface area contributed by atoms with E-state index in [1.54, 1.807) is 0 Å². The molecule has 12 heavy (non-hydrogen) atoms. The van der Waals surface area contributed by atoms with E-state index in [9.17, 15) is 4.79 Å². The Bertz CT molecular complexity index is 194. The van der Waals surface area contributed by atoms with Gasteiger partial charge >= 0.3 is 5.97 Å². The Morgan fingerprint density at radius 2 is 2.42 bits per heavy atom. The van der Waals surface area contributed by atoms with Crippen LogP contribution in [-0.4, -0.2) is 17.2 Å². The third-order valence-electron chi connectivity index (χ3n) is 1.82. The van der Waals surface area contributed by atoms with Gasteiger partial charge in [0.15, 0.2) is 0 Å². The fourth-order valence-electron chi connectivity index (χ4n) is 1.12. The van der Waals surface area contributed by atoms with E-state index >= 15 is 0 Å². The van der Waals surface area contributed by atoms with Crippen LogP contribution in [-0.2, 0) is 9.53 Å². The summed E-state index contributed by atoms with van der Waals surface area (Å²) in [7, 11) is 0. The lowest BCUT2D eigenvalue weighted by Gasteiger charge is -2.13. The molecule has 0 aromatic carbocycles. The zero-order valence-corrected chi connectivity index (χ0v) is 7.25. The highest BCUT2D eigenvalue weighted by molar-refractivity contribution is 5.74. The maximum atomic E-state index is 10.9. The van der Waals surface area contributed by atoms with Crippen LogP contribution in [0.5, 0.6) is 0 Å². The van der Waals surface area contributed by atoms with Crippen molar-refractivity contribution in [2.24, 2.45) is 0 Å². The SMILES string of the molecule is CC(O)C(=O)OC1=CCCCC1. The second kappa shape index (κ2) is 4.26. The molecular formula is C9H14O3. The average Bonchev–Trinajstić information content (AvgIpc) is 2.06. The minimum absolute atomic E-state index is 0.553. The lowest BCUT2D eigenvalue weighted by Crippen LogP contribution is -2.19. The van der Waals surface area contributed by atoms with Crippen molar-refractivity contribution < 1.29 is 14.6 Å². The Labute approximate surface area is 72.0 Å². The number of aliphatic hydroxyl groups is 1. The summed E-state index contributed by atoms with van der Waals surface area (Å²) in [6.07, 6.45) is 4.92. The topological polar surface area (TPSA) is 46.5 Å². The maximum Gasteiger partial charge on any atom is 0.339 e. The number of carbonyl (C=O) groups is 1. The van der Waals surface area contributed by atoms with Crippen molar-refractivity contribution in [3.05, 3.63) is 11.8 Å². The molecule has 0 aliphatic heterocycles. The van der Waals surface area contributed by atoms with E-state index in [-0.39, 0.29) is 0 Å². The summed E-state index contributed by atoms with van der Waals surface area (Å²) in [6.45, 7) is 1.41. The average molecular weight is 170 g/mol. The molecule has 68 valence electrons. The Morgan fingerprint density at radius 1 is 1.67 bits per heavy atom. The summed E-state index contributed by atoms with van der Waals surface area (Å²) in [5.74, 6) is 0.162. The van der Waals surface area contributed by atoms with Crippen LogP contribution in [0.2, 0.25) is 0 Å². The third kappa shape index (κ3) is 2.66. The number of carbonyl (C=O) groups excluding carboxylic acids is 1. The molecule has 1 N–H and O–H groups in total. The van der Waals surface area contributed by atoms with Gasteiger partial charge in [0.1, 0.15) is 11.9 Å². The summed E-state index contributed by atoms with van der Waals surface area (Å²) < 4.78 is 4.92. The number of allylic oxidation sites excluding steroid dienone is 2. The molecule has 0 radical (unpaired) electrons. The van der Waals surface area contributed by atoms with Gasteiger partial charge in [-0.2, -0.15) is 0 Å². The molecular weight excluding hydrogens is 156 g/mol. The molecule has 0 amide bonds. The zero-order valence-electron chi connectivity index (χ0n) is 7.25. The molecule has 0 spiro atoms. The summed E-state index contributed by atoms with van der Waals surface area (Å²) in [6, 6.07) is 0. The Balaban J connectivity index is 2.39. The van der Waals surface area contributed by atoms with Crippen molar-refractivity contribution in [2.45, 2.75) is 38.7 Å². The van der Waals surface area contributed by atoms with E-state index in [2.05, 4.69) is 0 Å². The number of esters is 1. The summed E-state index contributed by atoms with van der Waals surface area (Å²) in [5, 5.41) is 8.85. The van der Waals surface area contributed by atoms with E-state index in [1.807, 2.05) is 6.08 Å². The van der Waals surface area contributed by atoms with Gasteiger partial charge in [0.05, 0.1) is 0 Å². The van der Waals surface area contributed by atoms with Crippen LogP contribution >= 0.6 is 0 Å². The van der Waals surface area contributed by atoms with E-state index in [4.69, 9.17) is 9.84 Å². The minimum Gasteiger partial charge on any atom is -0.430 e. The van der Waals surface area contributed by atoms with Crippen LogP contribution < -0.4 is 0 Å². The monoisotopic (exact) mass is 170 g/mol. The van der Waals surface area contributed by atoms with E-state index in [0.717, 1.165) is 25.7 Å². The summed E-state index contributed by atoms with van der Waals surface area (Å²) in [4.78, 5) is 10.9. The first-order valence-electron chi connectivity index (χ1n) is 4.29. The second-order valence-electron chi connectivity index (χ2n) is 3.01. The number of hydrogen-bond donors (Lipinski definition) is 1. The molecule has 1 rings (SSSR count). The van der Waals surface area contributed by atoms with E-state index in [1.165, 1.54) is 6.92 Å². The first-order valence-corrected chi connectivity index (χ1v) is 4.29. The molecule has 1 unspecified atom stereocenters. The highest BCUT2D eigenvalue weighted by Crippen LogP contribution is 2.18. The van der Waals surface area contributed by atoms with Crippen LogP contribution in [0.25, 0.3) is 0 Å². The molecule has 0 heterocycles.